The molecule has 3 N–H and O–H groups in total. The Bertz CT molecular complexity index is 1290. The Kier molecular flexibility index (Phi) is 7.96. The molecule has 0 radical (unpaired) electrons. The van der Waals surface area contributed by atoms with Crippen LogP contribution >= 0.6 is 7.75 Å². The summed E-state index contributed by atoms with van der Waals surface area (Å²) < 4.78 is 36.1. The first-order chi connectivity index (χ1) is 17.3. The Morgan fingerprint density at radius 1 is 1.08 bits per heavy atom. The van der Waals surface area contributed by atoms with Crippen LogP contribution in [0.15, 0.2) is 84.3 Å². The Balaban J connectivity index is 1.50. The lowest BCUT2D eigenvalue weighted by Gasteiger charge is -2.25. The predicted molar refractivity (Wildman–Crippen MR) is 133 cm³/mol. The summed E-state index contributed by atoms with van der Waals surface area (Å²) in [5.41, 5.74) is 0.805. The van der Waals surface area contributed by atoms with Gasteiger partial charge in [-0.05, 0) is 30.9 Å². The number of carbonyl (C=O) groups is 1. The maximum atomic E-state index is 13.9. The number of benzene rings is 3. The van der Waals surface area contributed by atoms with E-state index in [0.717, 1.165) is 10.9 Å². The summed E-state index contributed by atoms with van der Waals surface area (Å²) >= 11 is 0. The van der Waals surface area contributed by atoms with Gasteiger partial charge in [-0.15, -0.1) is 0 Å². The van der Waals surface area contributed by atoms with Crippen molar-refractivity contribution >= 4 is 24.5 Å². The summed E-state index contributed by atoms with van der Waals surface area (Å²) in [6.07, 6.45) is -2.35. The van der Waals surface area contributed by atoms with Crippen molar-refractivity contribution in [1.82, 2.24) is 5.09 Å². The van der Waals surface area contributed by atoms with E-state index in [0.29, 0.717) is 5.39 Å². The van der Waals surface area contributed by atoms with Gasteiger partial charge in [0.25, 0.3) is 0 Å². The van der Waals surface area contributed by atoms with E-state index in [1.165, 1.54) is 13.8 Å². The van der Waals surface area contributed by atoms with E-state index in [4.69, 9.17) is 18.5 Å². The van der Waals surface area contributed by atoms with E-state index < -0.39 is 32.0 Å². The van der Waals surface area contributed by atoms with Crippen LogP contribution in [0.4, 0.5) is 0 Å². The average Bonchev–Trinajstić information content (AvgIpc) is 3.13. The molecular weight excluding hydrogens is 485 g/mol. The monoisotopic (exact) mass is 513 g/mol. The highest BCUT2D eigenvalue weighted by molar-refractivity contribution is 7.52. The maximum absolute atomic E-state index is 13.9. The van der Waals surface area contributed by atoms with E-state index in [9.17, 15) is 19.6 Å². The third-order valence-corrected chi connectivity index (χ3v) is 7.26. The van der Waals surface area contributed by atoms with Gasteiger partial charge in [0.2, 0.25) is 0 Å². The van der Waals surface area contributed by atoms with Gasteiger partial charge < -0.3 is 24.2 Å². The molecule has 4 atom stereocenters. The minimum Gasteiger partial charge on any atom is -0.506 e. The van der Waals surface area contributed by atoms with Crippen LogP contribution in [-0.2, 0) is 30.0 Å². The summed E-state index contributed by atoms with van der Waals surface area (Å²) in [5.74, 6) is -0.554. The van der Waals surface area contributed by atoms with Crippen molar-refractivity contribution in [3.63, 3.8) is 0 Å². The third kappa shape index (κ3) is 6.06. The Morgan fingerprint density at radius 2 is 1.78 bits per heavy atom. The quantitative estimate of drug-likeness (QED) is 0.263. The van der Waals surface area contributed by atoms with Gasteiger partial charge in [0.15, 0.2) is 18.0 Å². The highest BCUT2D eigenvalue weighted by Crippen LogP contribution is 2.47. The van der Waals surface area contributed by atoms with Gasteiger partial charge in [-0.3, -0.25) is 9.32 Å². The number of fused-ring (bicyclic) bond motifs is 1. The topological polar surface area (TPSA) is 124 Å². The molecule has 4 rings (SSSR count). The molecule has 0 amide bonds. The number of hydrogen-bond acceptors (Lipinski definition) is 8. The molecule has 3 aromatic carbocycles. The number of rotatable bonds is 10. The van der Waals surface area contributed by atoms with Crippen LogP contribution in [-0.4, -0.2) is 41.0 Å². The van der Waals surface area contributed by atoms with Crippen LogP contribution in [0.25, 0.3) is 10.8 Å². The van der Waals surface area contributed by atoms with E-state index >= 15 is 0 Å². The predicted octanol–water partition coefficient (Wildman–Crippen LogP) is 4.61. The maximum Gasteiger partial charge on any atom is 0.459 e. The van der Waals surface area contributed by atoms with Crippen molar-refractivity contribution in [3.8, 4) is 5.75 Å². The van der Waals surface area contributed by atoms with Gasteiger partial charge in [0.1, 0.15) is 24.2 Å². The number of nitrogens with one attached hydrogen (secondary N) is 1. The number of esters is 1. The van der Waals surface area contributed by atoms with E-state index in [1.54, 1.807) is 12.1 Å². The largest absolute Gasteiger partial charge is 0.506 e. The standard InChI is InChI=1S/C26H28NO8P/c1-17(26(30)32-15-19-9-4-3-5-10-19)27-36(31,33-16-23-25(29)24(28)18(2)34-23)35-22-14-8-12-20-11-6-7-13-21(20)22/h3-14,17,23,25,28-29H,15-16H2,1-2H3,(H,27,31)/t17?,23?,25-,36?/m1/s1. The van der Waals surface area contributed by atoms with Crippen molar-refractivity contribution in [1.29, 1.82) is 0 Å². The van der Waals surface area contributed by atoms with Gasteiger partial charge in [-0.1, -0.05) is 66.7 Å². The fraction of sp³-hybridized carbons (Fsp3) is 0.269. The number of aliphatic hydroxyl groups is 2. The van der Waals surface area contributed by atoms with E-state index in [-0.39, 0.29) is 30.5 Å². The number of hydrogen-bond donors (Lipinski definition) is 3. The van der Waals surface area contributed by atoms with E-state index in [2.05, 4.69) is 5.09 Å². The first kappa shape index (κ1) is 25.7. The minimum atomic E-state index is -4.21. The lowest BCUT2D eigenvalue weighted by atomic mass is 10.1. The summed E-state index contributed by atoms with van der Waals surface area (Å²) in [6, 6.07) is 20.7. The van der Waals surface area contributed by atoms with Gasteiger partial charge in [-0.2, -0.15) is 5.09 Å². The van der Waals surface area contributed by atoms with Crippen LogP contribution in [0, 0.1) is 0 Å². The third-order valence-electron chi connectivity index (χ3n) is 5.63. The highest BCUT2D eigenvalue weighted by atomic mass is 31.2. The number of allylic oxidation sites excluding steroid dienone is 1. The van der Waals surface area contributed by atoms with Crippen molar-refractivity contribution in [2.45, 2.75) is 38.7 Å². The van der Waals surface area contributed by atoms with Gasteiger partial charge in [0, 0.05) is 5.39 Å². The molecule has 3 unspecified atom stereocenters. The smallest absolute Gasteiger partial charge is 0.459 e. The Hall–Kier alpha value is -3.36. The second kappa shape index (κ2) is 11.1. The molecule has 1 heterocycles. The summed E-state index contributed by atoms with van der Waals surface area (Å²) in [5, 5.41) is 24.2. The lowest BCUT2D eigenvalue weighted by molar-refractivity contribution is -0.146. The minimum absolute atomic E-state index is 0.0490. The van der Waals surface area contributed by atoms with Gasteiger partial charge in [0.05, 0.1) is 6.61 Å². The second-order valence-electron chi connectivity index (χ2n) is 8.35. The number of carbonyl (C=O) groups excluding carboxylic acids is 1. The van der Waals surface area contributed by atoms with Crippen LogP contribution in [0.1, 0.15) is 19.4 Å². The van der Waals surface area contributed by atoms with Crippen molar-refractivity contribution in [3.05, 3.63) is 89.9 Å². The molecule has 36 heavy (non-hydrogen) atoms. The lowest BCUT2D eigenvalue weighted by Crippen LogP contribution is -2.36. The summed E-state index contributed by atoms with van der Waals surface area (Å²) in [4.78, 5) is 12.6. The number of aliphatic hydroxyl groups excluding tert-OH is 2. The fourth-order valence-electron chi connectivity index (χ4n) is 3.67. The summed E-state index contributed by atoms with van der Waals surface area (Å²) in [6.45, 7) is 2.64. The Labute approximate surface area is 208 Å². The molecular formula is C26H28NO8P. The first-order valence-electron chi connectivity index (χ1n) is 11.4. The first-order valence-corrected chi connectivity index (χ1v) is 12.9. The fourth-order valence-corrected chi connectivity index (χ4v) is 5.19. The molecule has 0 fully saturated rings. The molecule has 9 nitrogen and oxygen atoms in total. The van der Waals surface area contributed by atoms with E-state index in [1.807, 2.05) is 60.7 Å². The van der Waals surface area contributed by atoms with Gasteiger partial charge >= 0.3 is 13.7 Å². The summed E-state index contributed by atoms with van der Waals surface area (Å²) in [7, 11) is -4.21. The Morgan fingerprint density at radius 3 is 2.50 bits per heavy atom. The molecule has 1 aliphatic rings. The normalized spacial score (nSPS) is 20.0. The molecule has 3 aromatic rings. The van der Waals surface area contributed by atoms with Crippen molar-refractivity contribution in [2.24, 2.45) is 0 Å². The van der Waals surface area contributed by atoms with Crippen LogP contribution in [0.5, 0.6) is 5.75 Å². The van der Waals surface area contributed by atoms with Crippen LogP contribution in [0.3, 0.4) is 0 Å². The molecule has 0 saturated heterocycles. The zero-order valence-electron chi connectivity index (χ0n) is 19.9. The molecule has 10 heteroatoms. The SMILES string of the molecule is CC1=C(O)[C@H](O)C(COP(=O)(NC(C)C(=O)OCc2ccccc2)Oc2cccc3ccccc23)O1. The molecule has 0 bridgehead atoms. The zero-order chi connectivity index (χ0) is 25.7. The number of ether oxygens (including phenoxy) is 2. The van der Waals surface area contributed by atoms with Crippen molar-refractivity contribution in [2.75, 3.05) is 6.61 Å². The average molecular weight is 513 g/mol. The second-order valence-corrected chi connectivity index (χ2v) is 10.0. The zero-order valence-corrected chi connectivity index (χ0v) is 20.8. The molecule has 1 aliphatic heterocycles. The molecule has 190 valence electrons. The van der Waals surface area contributed by atoms with Gasteiger partial charge in [-0.25, -0.2) is 4.57 Å². The molecule has 0 spiro atoms. The molecule has 0 saturated carbocycles. The highest BCUT2D eigenvalue weighted by Gasteiger charge is 2.39. The molecule has 0 aliphatic carbocycles. The van der Waals surface area contributed by atoms with Crippen LogP contribution in [0.2, 0.25) is 0 Å². The molecule has 0 aromatic heterocycles. The van der Waals surface area contributed by atoms with Crippen molar-refractivity contribution < 1.29 is 38.1 Å². The van der Waals surface area contributed by atoms with Crippen LogP contribution < -0.4 is 9.61 Å².